The number of hydrogen-bond donors (Lipinski definition) is 1. The van der Waals surface area contributed by atoms with Crippen LogP contribution in [0.1, 0.15) is 42.4 Å². The van der Waals surface area contributed by atoms with E-state index in [1.165, 1.54) is 0 Å². The van der Waals surface area contributed by atoms with Crippen molar-refractivity contribution in [1.29, 1.82) is 5.41 Å². The summed E-state index contributed by atoms with van der Waals surface area (Å²) in [6, 6.07) is 18.3. The Kier molecular flexibility index (Phi) is 5.50. The number of nitrogens with one attached hydrogen (secondary N) is 1. The molecule has 33 heavy (non-hydrogen) atoms. The van der Waals surface area contributed by atoms with Crippen LogP contribution < -0.4 is 19.7 Å². The van der Waals surface area contributed by atoms with E-state index in [1.54, 1.807) is 20.5 Å². The third-order valence-electron chi connectivity index (χ3n) is 6.29. The van der Waals surface area contributed by atoms with E-state index in [-0.39, 0.29) is 5.92 Å². The van der Waals surface area contributed by atoms with Crippen molar-refractivity contribution in [2.24, 2.45) is 0 Å². The molecular formula is C27H27N3O3. The molecule has 1 aliphatic rings. The summed E-state index contributed by atoms with van der Waals surface area (Å²) in [5.74, 6) is 2.37. The smallest absolute Gasteiger partial charge is 0.228 e. The molecule has 0 radical (unpaired) electrons. The summed E-state index contributed by atoms with van der Waals surface area (Å²) in [5.41, 5.74) is 3.20. The van der Waals surface area contributed by atoms with Crippen molar-refractivity contribution >= 4 is 10.8 Å². The summed E-state index contributed by atoms with van der Waals surface area (Å²) in [7, 11) is 3.27. The van der Waals surface area contributed by atoms with Crippen LogP contribution in [0.5, 0.6) is 23.1 Å². The van der Waals surface area contributed by atoms with Crippen molar-refractivity contribution in [3.05, 3.63) is 83.1 Å². The normalized spacial score (nSPS) is 14.3. The van der Waals surface area contributed by atoms with E-state index in [4.69, 9.17) is 19.6 Å². The number of ether oxygens (including phenoxy) is 3. The molecule has 0 saturated carbocycles. The Balaban J connectivity index is 1.78. The molecule has 0 spiro atoms. The highest BCUT2D eigenvalue weighted by molar-refractivity contribution is 5.91. The van der Waals surface area contributed by atoms with Crippen LogP contribution in [0, 0.1) is 5.41 Å². The van der Waals surface area contributed by atoms with Crippen LogP contribution in [0.25, 0.3) is 10.8 Å². The van der Waals surface area contributed by atoms with Crippen LogP contribution in [0.4, 0.5) is 0 Å². The fraction of sp³-hybridized carbons (Fsp3) is 0.259. The summed E-state index contributed by atoms with van der Waals surface area (Å²) in [4.78, 5) is 4.66. The van der Waals surface area contributed by atoms with Gasteiger partial charge in [0.2, 0.25) is 5.88 Å². The second kappa shape index (κ2) is 8.62. The molecule has 5 rings (SSSR count). The lowest BCUT2D eigenvalue weighted by Gasteiger charge is -2.29. The Morgan fingerprint density at radius 1 is 1.03 bits per heavy atom. The van der Waals surface area contributed by atoms with Gasteiger partial charge in [0.25, 0.3) is 0 Å². The second-order valence-electron chi connectivity index (χ2n) is 8.21. The minimum absolute atomic E-state index is 0.220. The van der Waals surface area contributed by atoms with Crippen LogP contribution in [0.2, 0.25) is 0 Å². The lowest BCUT2D eigenvalue weighted by atomic mass is 9.82. The summed E-state index contributed by atoms with van der Waals surface area (Å²) >= 11 is 0. The average Bonchev–Trinajstić information content (AvgIpc) is 2.86. The molecule has 6 nitrogen and oxygen atoms in total. The van der Waals surface area contributed by atoms with E-state index in [1.807, 2.05) is 34.9 Å². The summed E-state index contributed by atoms with van der Waals surface area (Å²) in [6.45, 7) is 2.89. The lowest BCUT2D eigenvalue weighted by Crippen LogP contribution is -2.30. The van der Waals surface area contributed by atoms with Gasteiger partial charge in [-0.3, -0.25) is 5.41 Å². The van der Waals surface area contributed by atoms with Gasteiger partial charge in [-0.2, -0.15) is 0 Å². The highest BCUT2D eigenvalue weighted by atomic mass is 16.5. The van der Waals surface area contributed by atoms with E-state index in [0.717, 1.165) is 52.6 Å². The van der Waals surface area contributed by atoms with Crippen molar-refractivity contribution in [3.8, 4) is 23.1 Å². The first-order valence-electron chi connectivity index (χ1n) is 11.2. The van der Waals surface area contributed by atoms with Crippen LogP contribution >= 0.6 is 0 Å². The number of unbranched alkanes of at least 4 members (excludes halogenated alkanes) is 1. The zero-order valence-electron chi connectivity index (χ0n) is 19.1. The molecule has 1 atom stereocenters. The first-order chi connectivity index (χ1) is 16.2. The monoisotopic (exact) mass is 441 g/mol. The minimum Gasteiger partial charge on any atom is -0.493 e. The van der Waals surface area contributed by atoms with Gasteiger partial charge in [-0.05, 0) is 29.5 Å². The standard InChI is InChI=1S/C27H27N3O3/c1-4-5-14-30-16-29-27-24(26(30)28)23(18-11-13-21(31-2)22(15-18)32-3)20-12-10-17-8-6-7-9-19(17)25(20)33-27/h6-13,15-16,23,28H,4-5,14H2,1-3H3/t23-/m0/s1. The number of benzene rings is 3. The third kappa shape index (κ3) is 3.52. The molecule has 1 N–H and O–H groups in total. The predicted molar refractivity (Wildman–Crippen MR) is 128 cm³/mol. The highest BCUT2D eigenvalue weighted by Crippen LogP contribution is 2.48. The highest BCUT2D eigenvalue weighted by Gasteiger charge is 2.33. The fourth-order valence-corrected chi connectivity index (χ4v) is 4.58. The molecule has 1 aromatic heterocycles. The topological polar surface area (TPSA) is 69.4 Å². The van der Waals surface area contributed by atoms with Gasteiger partial charge in [-0.25, -0.2) is 4.98 Å². The van der Waals surface area contributed by atoms with Crippen molar-refractivity contribution in [3.63, 3.8) is 0 Å². The minimum atomic E-state index is -0.220. The number of rotatable bonds is 6. The molecule has 0 unspecified atom stereocenters. The van der Waals surface area contributed by atoms with Gasteiger partial charge in [0.05, 0.1) is 19.8 Å². The first-order valence-corrected chi connectivity index (χ1v) is 11.2. The Labute approximate surface area is 192 Å². The molecule has 168 valence electrons. The van der Waals surface area contributed by atoms with Gasteiger partial charge in [0.1, 0.15) is 17.6 Å². The summed E-state index contributed by atoms with van der Waals surface area (Å²) in [6.07, 6.45) is 3.76. The van der Waals surface area contributed by atoms with Gasteiger partial charge in [-0.15, -0.1) is 0 Å². The maximum absolute atomic E-state index is 9.05. The van der Waals surface area contributed by atoms with Gasteiger partial charge in [-0.1, -0.05) is 55.8 Å². The number of methoxy groups -OCH3 is 2. The molecule has 2 heterocycles. The van der Waals surface area contributed by atoms with Crippen molar-refractivity contribution in [1.82, 2.24) is 9.55 Å². The van der Waals surface area contributed by atoms with Gasteiger partial charge < -0.3 is 18.8 Å². The molecule has 6 heteroatoms. The molecular weight excluding hydrogens is 414 g/mol. The van der Waals surface area contributed by atoms with Gasteiger partial charge in [0.15, 0.2) is 11.5 Å². The van der Waals surface area contributed by atoms with E-state index in [0.29, 0.717) is 22.9 Å². The van der Waals surface area contributed by atoms with E-state index >= 15 is 0 Å². The molecule has 3 aromatic carbocycles. The maximum Gasteiger partial charge on any atom is 0.228 e. The Morgan fingerprint density at radius 2 is 1.85 bits per heavy atom. The maximum atomic E-state index is 9.05. The van der Waals surface area contributed by atoms with E-state index < -0.39 is 0 Å². The quantitative estimate of drug-likeness (QED) is 0.371. The number of aromatic nitrogens is 2. The second-order valence-corrected chi connectivity index (χ2v) is 8.21. The van der Waals surface area contributed by atoms with Gasteiger partial charge in [0, 0.05) is 23.4 Å². The van der Waals surface area contributed by atoms with Gasteiger partial charge >= 0.3 is 0 Å². The number of aryl methyl sites for hydroxylation is 1. The SMILES string of the molecule is CCCCn1cnc2c(c1=N)[C@@H](c1ccc(OC)c(OC)c1)c1ccc3ccccc3c1O2. The van der Waals surface area contributed by atoms with Crippen molar-refractivity contribution < 1.29 is 14.2 Å². The molecule has 0 amide bonds. The number of fused-ring (bicyclic) bond motifs is 4. The Hall–Kier alpha value is -3.80. The summed E-state index contributed by atoms with van der Waals surface area (Å²) < 4.78 is 19.3. The first kappa shape index (κ1) is 21.1. The average molecular weight is 442 g/mol. The fourth-order valence-electron chi connectivity index (χ4n) is 4.58. The molecule has 1 aliphatic heterocycles. The molecule has 0 bridgehead atoms. The molecule has 0 fully saturated rings. The third-order valence-corrected chi connectivity index (χ3v) is 6.29. The van der Waals surface area contributed by atoms with Crippen LogP contribution in [0.15, 0.2) is 60.9 Å². The Bertz CT molecular complexity index is 1390. The largest absolute Gasteiger partial charge is 0.493 e. The van der Waals surface area contributed by atoms with Crippen molar-refractivity contribution in [2.75, 3.05) is 14.2 Å². The van der Waals surface area contributed by atoms with Crippen LogP contribution in [0.3, 0.4) is 0 Å². The number of nitrogens with zero attached hydrogens (tertiary/aromatic N) is 2. The predicted octanol–water partition coefficient (Wildman–Crippen LogP) is 5.62. The molecule has 4 aromatic rings. The lowest BCUT2D eigenvalue weighted by molar-refractivity contribution is 0.354. The molecule has 0 saturated heterocycles. The van der Waals surface area contributed by atoms with Crippen LogP contribution in [-0.4, -0.2) is 23.8 Å². The van der Waals surface area contributed by atoms with Crippen LogP contribution in [-0.2, 0) is 6.54 Å². The summed E-state index contributed by atoms with van der Waals surface area (Å²) in [5, 5.41) is 11.2. The zero-order valence-corrected chi connectivity index (χ0v) is 19.1. The zero-order chi connectivity index (χ0) is 22.9. The van der Waals surface area contributed by atoms with E-state index in [2.05, 4.69) is 36.2 Å². The Morgan fingerprint density at radius 3 is 2.64 bits per heavy atom. The molecule has 0 aliphatic carbocycles. The van der Waals surface area contributed by atoms with E-state index in [9.17, 15) is 0 Å². The number of hydrogen-bond acceptors (Lipinski definition) is 5. The van der Waals surface area contributed by atoms with Crippen molar-refractivity contribution in [2.45, 2.75) is 32.2 Å².